The summed E-state index contributed by atoms with van der Waals surface area (Å²) in [6.45, 7) is 4.64. The first-order valence-electron chi connectivity index (χ1n) is 7.37. The number of nitrogens with two attached hydrogens (primary N) is 1. The molecule has 5 nitrogen and oxygen atoms in total. The Labute approximate surface area is 130 Å². The smallest absolute Gasteiger partial charge is 0.257 e. The molecule has 0 radical (unpaired) electrons. The van der Waals surface area contributed by atoms with E-state index in [-0.39, 0.29) is 0 Å². The van der Waals surface area contributed by atoms with E-state index < -0.39 is 0 Å². The van der Waals surface area contributed by atoms with Gasteiger partial charge in [-0.2, -0.15) is 0 Å². The van der Waals surface area contributed by atoms with Gasteiger partial charge in [0.1, 0.15) is 12.7 Å². The minimum Gasteiger partial charge on any atom is -0.475 e. The van der Waals surface area contributed by atoms with E-state index >= 15 is 0 Å². The molecule has 0 aliphatic carbocycles. The molecule has 3 rings (SSSR count). The molecule has 0 saturated carbocycles. The van der Waals surface area contributed by atoms with Crippen LogP contribution in [0.2, 0.25) is 0 Å². The molecule has 0 aliphatic heterocycles. The highest BCUT2D eigenvalue weighted by Crippen LogP contribution is 2.27. The zero-order valence-corrected chi connectivity index (χ0v) is 13.2. The Morgan fingerprint density at radius 1 is 1.18 bits per heavy atom. The Morgan fingerprint density at radius 3 is 2.64 bits per heavy atom. The van der Waals surface area contributed by atoms with Crippen molar-refractivity contribution in [3.63, 3.8) is 0 Å². The van der Waals surface area contributed by atoms with Gasteiger partial charge in [0.15, 0.2) is 12.4 Å². The van der Waals surface area contributed by atoms with Crippen LogP contribution in [-0.2, 0) is 13.5 Å². The Bertz CT molecular complexity index is 806. The summed E-state index contributed by atoms with van der Waals surface area (Å²) in [6, 6.07) is 8.21. The number of hydrogen-bond donors (Lipinski definition) is 1. The number of nitrogen functional groups attached to an aromatic ring is 1. The van der Waals surface area contributed by atoms with E-state index in [1.54, 1.807) is 0 Å². The van der Waals surface area contributed by atoms with Crippen molar-refractivity contribution in [2.45, 2.75) is 20.3 Å². The van der Waals surface area contributed by atoms with Crippen LogP contribution in [0.15, 0.2) is 36.7 Å². The van der Waals surface area contributed by atoms with Crippen molar-refractivity contribution >= 4 is 11.2 Å². The van der Waals surface area contributed by atoms with Crippen molar-refractivity contribution in [2.75, 3.05) is 12.3 Å². The van der Waals surface area contributed by atoms with Gasteiger partial charge in [-0.25, -0.2) is 9.08 Å². The van der Waals surface area contributed by atoms with Crippen molar-refractivity contribution in [1.29, 1.82) is 0 Å². The second kappa shape index (κ2) is 5.67. The summed E-state index contributed by atoms with van der Waals surface area (Å²) in [5.41, 5.74) is 11.1. The molecular weight excluding hydrogens is 276 g/mol. The maximum absolute atomic E-state index is 6.15. The summed E-state index contributed by atoms with van der Waals surface area (Å²) in [5.74, 6) is 0.509. The molecule has 0 saturated heterocycles. The standard InChI is InChI=1S/C17H21N4O/c1-12-4-5-15-16(18)17(19-21(15)13(12)2)22-11-8-14-6-9-20(3)10-7-14/h4-7,9-10H,8,11,18H2,1-3H3/q+1. The molecule has 5 heteroatoms. The monoisotopic (exact) mass is 297 g/mol. The maximum Gasteiger partial charge on any atom is 0.257 e. The van der Waals surface area contributed by atoms with Gasteiger partial charge in [0.25, 0.3) is 5.88 Å². The van der Waals surface area contributed by atoms with Crippen molar-refractivity contribution in [3.8, 4) is 5.88 Å². The summed E-state index contributed by atoms with van der Waals surface area (Å²) in [7, 11) is 2.00. The van der Waals surface area contributed by atoms with Gasteiger partial charge < -0.3 is 10.5 Å². The first-order chi connectivity index (χ1) is 10.6. The summed E-state index contributed by atoms with van der Waals surface area (Å²) >= 11 is 0. The third-order valence-electron chi connectivity index (χ3n) is 3.98. The molecule has 0 amide bonds. The summed E-state index contributed by atoms with van der Waals surface area (Å²) < 4.78 is 9.65. The highest BCUT2D eigenvalue weighted by atomic mass is 16.5. The van der Waals surface area contributed by atoms with Gasteiger partial charge >= 0.3 is 0 Å². The molecule has 0 spiro atoms. The van der Waals surface area contributed by atoms with Crippen LogP contribution in [0.4, 0.5) is 5.69 Å². The molecule has 0 aliphatic rings. The van der Waals surface area contributed by atoms with Crippen LogP contribution < -0.4 is 15.0 Å². The fraction of sp³-hybridized carbons (Fsp3) is 0.294. The molecule has 22 heavy (non-hydrogen) atoms. The molecule has 114 valence electrons. The molecule has 3 aromatic rings. The van der Waals surface area contributed by atoms with E-state index in [0.717, 1.165) is 17.6 Å². The van der Waals surface area contributed by atoms with E-state index in [4.69, 9.17) is 10.5 Å². The number of hydrogen-bond acceptors (Lipinski definition) is 3. The second-order valence-corrected chi connectivity index (χ2v) is 5.59. The minimum atomic E-state index is 0.509. The molecule has 0 fully saturated rings. The van der Waals surface area contributed by atoms with Crippen molar-refractivity contribution in [1.82, 2.24) is 9.61 Å². The number of nitrogens with zero attached hydrogens (tertiary/aromatic N) is 3. The normalized spacial score (nSPS) is 11.0. The number of ether oxygens (including phenoxy) is 1. The summed E-state index contributed by atoms with van der Waals surface area (Å²) in [5, 5.41) is 4.48. The van der Waals surface area contributed by atoms with Crippen molar-refractivity contribution in [3.05, 3.63) is 53.5 Å². The number of rotatable bonds is 4. The molecular formula is C17H21N4O+. The molecule has 0 bridgehead atoms. The Hall–Kier alpha value is -2.56. The number of pyridine rings is 2. The number of fused-ring (bicyclic) bond motifs is 1. The van der Waals surface area contributed by atoms with Gasteiger partial charge in [0.2, 0.25) is 0 Å². The lowest BCUT2D eigenvalue weighted by molar-refractivity contribution is -0.671. The highest BCUT2D eigenvalue weighted by Gasteiger charge is 2.13. The average molecular weight is 297 g/mol. The van der Waals surface area contributed by atoms with Crippen molar-refractivity contribution < 1.29 is 9.30 Å². The first-order valence-corrected chi connectivity index (χ1v) is 7.37. The lowest BCUT2D eigenvalue weighted by Crippen LogP contribution is -2.26. The topological polar surface area (TPSA) is 56.4 Å². The SMILES string of the molecule is Cc1ccc2c(N)c(OCCc3cc[n+](C)cc3)nn2c1C. The average Bonchev–Trinajstić information content (AvgIpc) is 2.83. The molecule has 0 unspecified atom stereocenters. The maximum atomic E-state index is 6.15. The number of aromatic nitrogens is 3. The van der Waals surface area contributed by atoms with Gasteiger partial charge in [-0.3, -0.25) is 0 Å². The predicted octanol–water partition coefficient (Wildman–Crippen LogP) is 1.98. The van der Waals surface area contributed by atoms with Gasteiger partial charge in [0, 0.05) is 24.2 Å². The Morgan fingerprint density at radius 2 is 1.91 bits per heavy atom. The third kappa shape index (κ3) is 2.62. The van der Waals surface area contributed by atoms with Crippen LogP contribution >= 0.6 is 0 Å². The van der Waals surface area contributed by atoms with Crippen LogP contribution in [0.1, 0.15) is 16.8 Å². The lowest BCUT2D eigenvalue weighted by atomic mass is 10.2. The van der Waals surface area contributed by atoms with Crippen LogP contribution in [0.5, 0.6) is 5.88 Å². The second-order valence-electron chi connectivity index (χ2n) is 5.59. The van der Waals surface area contributed by atoms with Crippen LogP contribution in [-0.4, -0.2) is 16.2 Å². The first kappa shape index (κ1) is 14.4. The lowest BCUT2D eigenvalue weighted by Gasteiger charge is -2.03. The summed E-state index contributed by atoms with van der Waals surface area (Å²) in [6.07, 6.45) is 4.88. The summed E-state index contributed by atoms with van der Waals surface area (Å²) in [4.78, 5) is 0. The number of anilines is 1. The molecule has 2 N–H and O–H groups in total. The zero-order chi connectivity index (χ0) is 15.7. The molecule has 3 heterocycles. The van der Waals surface area contributed by atoms with E-state index in [9.17, 15) is 0 Å². The zero-order valence-electron chi connectivity index (χ0n) is 13.2. The largest absolute Gasteiger partial charge is 0.475 e. The number of aryl methyl sites for hydroxylation is 3. The third-order valence-corrected chi connectivity index (χ3v) is 3.98. The van der Waals surface area contributed by atoms with Crippen LogP contribution in [0.3, 0.4) is 0 Å². The fourth-order valence-electron chi connectivity index (χ4n) is 2.40. The van der Waals surface area contributed by atoms with Crippen LogP contribution in [0, 0.1) is 13.8 Å². The van der Waals surface area contributed by atoms with E-state index in [1.165, 1.54) is 11.1 Å². The van der Waals surface area contributed by atoms with Gasteiger partial charge in [-0.1, -0.05) is 6.07 Å². The molecule has 3 aromatic heterocycles. The molecule has 0 atom stereocenters. The van der Waals surface area contributed by atoms with Crippen LogP contribution in [0.25, 0.3) is 5.52 Å². The van der Waals surface area contributed by atoms with Crippen molar-refractivity contribution in [2.24, 2.45) is 7.05 Å². The molecule has 0 aromatic carbocycles. The quantitative estimate of drug-likeness (QED) is 0.749. The Kier molecular flexibility index (Phi) is 3.71. The van der Waals surface area contributed by atoms with Gasteiger partial charge in [-0.15, -0.1) is 5.10 Å². The van der Waals surface area contributed by atoms with E-state index in [2.05, 4.69) is 30.2 Å². The van der Waals surface area contributed by atoms with E-state index in [0.29, 0.717) is 18.2 Å². The van der Waals surface area contributed by atoms with Gasteiger partial charge in [-0.05, 0) is 31.0 Å². The van der Waals surface area contributed by atoms with E-state index in [1.807, 2.05) is 41.5 Å². The minimum absolute atomic E-state index is 0.509. The predicted molar refractivity (Wildman–Crippen MR) is 85.9 cm³/mol. The van der Waals surface area contributed by atoms with Gasteiger partial charge in [0.05, 0.1) is 12.1 Å². The Balaban J connectivity index is 1.75. The fourth-order valence-corrected chi connectivity index (χ4v) is 2.40. The highest BCUT2D eigenvalue weighted by molar-refractivity contribution is 5.75.